The lowest BCUT2D eigenvalue weighted by Gasteiger charge is -2.33. The molecule has 0 aromatic carbocycles. The van der Waals surface area contributed by atoms with Crippen LogP contribution in [-0.2, 0) is 4.79 Å². The molecule has 2 N–H and O–H groups in total. The number of nitrogens with one attached hydrogen (secondary N) is 2. The van der Waals surface area contributed by atoms with Crippen molar-refractivity contribution < 1.29 is 9.59 Å². The monoisotopic (exact) mass is 371 g/mol. The minimum Gasteiger partial charge on any atom is -0.339 e. The first kappa shape index (κ1) is 19.2. The molecule has 0 saturated carbocycles. The van der Waals surface area contributed by atoms with Gasteiger partial charge in [0, 0.05) is 18.6 Å². The molecule has 2 saturated heterocycles. The van der Waals surface area contributed by atoms with Gasteiger partial charge in [-0.05, 0) is 43.2 Å². The third kappa shape index (κ3) is 3.92. The molecule has 1 aromatic rings. The van der Waals surface area contributed by atoms with Crippen molar-refractivity contribution in [3.8, 4) is 0 Å². The molecule has 2 aliphatic rings. The van der Waals surface area contributed by atoms with Crippen LogP contribution in [0.5, 0.6) is 0 Å². The van der Waals surface area contributed by atoms with Gasteiger partial charge in [0.05, 0.1) is 4.88 Å². The van der Waals surface area contributed by atoms with Gasteiger partial charge in [0.15, 0.2) is 0 Å². The van der Waals surface area contributed by atoms with E-state index in [0.717, 1.165) is 32.4 Å². The average molecular weight is 372 g/mol. The fourth-order valence-electron chi connectivity index (χ4n) is 3.64. The summed E-state index contributed by atoms with van der Waals surface area (Å²) < 4.78 is 0. The van der Waals surface area contributed by atoms with Crippen LogP contribution >= 0.6 is 23.7 Å². The molecule has 7 heteroatoms. The molecular weight excluding hydrogens is 346 g/mol. The highest BCUT2D eigenvalue weighted by atomic mass is 35.5. The normalized spacial score (nSPS) is 24.2. The first-order chi connectivity index (χ1) is 11.1. The van der Waals surface area contributed by atoms with E-state index in [9.17, 15) is 9.59 Å². The summed E-state index contributed by atoms with van der Waals surface area (Å²) >= 11 is 1.40. The summed E-state index contributed by atoms with van der Waals surface area (Å²) in [7, 11) is 0. The van der Waals surface area contributed by atoms with Crippen LogP contribution in [0.4, 0.5) is 0 Å². The molecule has 3 rings (SSSR count). The number of hydrogen-bond donors (Lipinski definition) is 2. The maximum absolute atomic E-state index is 13.1. The highest BCUT2D eigenvalue weighted by Crippen LogP contribution is 2.29. The number of rotatable bonds is 4. The van der Waals surface area contributed by atoms with E-state index in [1.54, 1.807) is 6.07 Å². The van der Waals surface area contributed by atoms with Crippen molar-refractivity contribution in [2.24, 2.45) is 5.92 Å². The Kier molecular flexibility index (Phi) is 6.66. The van der Waals surface area contributed by atoms with Crippen molar-refractivity contribution in [3.63, 3.8) is 0 Å². The summed E-state index contributed by atoms with van der Waals surface area (Å²) in [5.41, 5.74) is 0. The van der Waals surface area contributed by atoms with Crippen LogP contribution in [0.3, 0.4) is 0 Å². The molecule has 2 fully saturated rings. The van der Waals surface area contributed by atoms with Crippen molar-refractivity contribution in [1.29, 1.82) is 0 Å². The SMILES string of the molecule is CC(C)C(NC(=O)c1cccs1)C(=O)N1C2CCNCC1CC2.Cl. The second-order valence-electron chi connectivity index (χ2n) is 6.80. The van der Waals surface area contributed by atoms with Gasteiger partial charge in [-0.25, -0.2) is 0 Å². The number of carbonyl (C=O) groups excluding carboxylic acids is 2. The molecule has 0 radical (unpaired) electrons. The number of hydrogen-bond acceptors (Lipinski definition) is 4. The Morgan fingerprint density at radius 3 is 2.71 bits per heavy atom. The Balaban J connectivity index is 0.00000208. The summed E-state index contributed by atoms with van der Waals surface area (Å²) in [5.74, 6) is 0.00970. The van der Waals surface area contributed by atoms with E-state index >= 15 is 0 Å². The third-order valence-electron chi connectivity index (χ3n) is 4.87. The van der Waals surface area contributed by atoms with Crippen LogP contribution in [-0.4, -0.2) is 47.9 Å². The van der Waals surface area contributed by atoms with Crippen LogP contribution in [0.25, 0.3) is 0 Å². The van der Waals surface area contributed by atoms with E-state index in [1.165, 1.54) is 11.3 Å². The summed E-state index contributed by atoms with van der Waals surface area (Å²) in [5, 5.41) is 8.26. The maximum atomic E-state index is 13.1. The van der Waals surface area contributed by atoms with E-state index < -0.39 is 6.04 Å². The van der Waals surface area contributed by atoms with Crippen LogP contribution in [0.1, 0.15) is 42.8 Å². The van der Waals surface area contributed by atoms with E-state index in [4.69, 9.17) is 0 Å². The number of thiophene rings is 1. The van der Waals surface area contributed by atoms with Gasteiger partial charge in [-0.2, -0.15) is 0 Å². The number of fused-ring (bicyclic) bond motifs is 2. The van der Waals surface area contributed by atoms with Gasteiger partial charge in [0.1, 0.15) is 6.04 Å². The van der Waals surface area contributed by atoms with Crippen LogP contribution < -0.4 is 10.6 Å². The Morgan fingerprint density at radius 2 is 2.04 bits per heavy atom. The highest BCUT2D eigenvalue weighted by Gasteiger charge is 2.41. The lowest BCUT2D eigenvalue weighted by molar-refractivity contribution is -0.137. The molecule has 0 aliphatic carbocycles. The number of halogens is 1. The number of carbonyl (C=O) groups is 2. The minimum atomic E-state index is -0.453. The van der Waals surface area contributed by atoms with Gasteiger partial charge in [-0.3, -0.25) is 9.59 Å². The molecule has 2 amide bonds. The van der Waals surface area contributed by atoms with E-state index in [2.05, 4.69) is 15.5 Å². The quantitative estimate of drug-likeness (QED) is 0.853. The predicted molar refractivity (Wildman–Crippen MR) is 98.8 cm³/mol. The molecule has 1 aromatic heterocycles. The van der Waals surface area contributed by atoms with Crippen molar-refractivity contribution in [2.75, 3.05) is 13.1 Å². The van der Waals surface area contributed by atoms with E-state index in [0.29, 0.717) is 10.9 Å². The molecule has 2 bridgehead atoms. The van der Waals surface area contributed by atoms with Crippen molar-refractivity contribution in [2.45, 2.75) is 51.2 Å². The standard InChI is InChI=1S/C17H25N3O2S.ClH/c1-11(2)15(19-16(21)14-4-3-9-23-14)17(22)20-12-5-6-13(20)10-18-8-7-12;/h3-4,9,11-13,15,18H,5-8,10H2,1-2H3,(H,19,21);1H. The summed E-state index contributed by atoms with van der Waals surface area (Å²) in [6, 6.07) is 3.79. The first-order valence-corrected chi connectivity index (χ1v) is 9.33. The topological polar surface area (TPSA) is 61.4 Å². The van der Waals surface area contributed by atoms with Gasteiger partial charge in [0.25, 0.3) is 5.91 Å². The molecule has 5 nitrogen and oxygen atoms in total. The molecule has 24 heavy (non-hydrogen) atoms. The Hall–Kier alpha value is -1.11. The van der Waals surface area contributed by atoms with Gasteiger partial charge in [-0.1, -0.05) is 19.9 Å². The maximum Gasteiger partial charge on any atom is 0.262 e. The molecule has 3 heterocycles. The molecular formula is C17H26ClN3O2S. The van der Waals surface area contributed by atoms with Gasteiger partial charge in [-0.15, -0.1) is 23.7 Å². The smallest absolute Gasteiger partial charge is 0.262 e. The van der Waals surface area contributed by atoms with Gasteiger partial charge >= 0.3 is 0 Å². The minimum absolute atomic E-state index is 0. The Labute approximate surface area is 153 Å². The molecule has 0 spiro atoms. The number of nitrogens with zero attached hydrogens (tertiary/aromatic N) is 1. The zero-order chi connectivity index (χ0) is 16.4. The summed E-state index contributed by atoms with van der Waals surface area (Å²) in [6.45, 7) is 5.83. The zero-order valence-corrected chi connectivity index (χ0v) is 15.8. The lowest BCUT2D eigenvalue weighted by Crippen LogP contribution is -2.54. The van der Waals surface area contributed by atoms with E-state index in [1.807, 2.05) is 25.3 Å². The second kappa shape index (κ2) is 8.32. The summed E-state index contributed by atoms with van der Waals surface area (Å²) in [4.78, 5) is 28.2. The van der Waals surface area contributed by atoms with Gasteiger partial charge in [0.2, 0.25) is 5.91 Å². The summed E-state index contributed by atoms with van der Waals surface area (Å²) in [6.07, 6.45) is 3.15. The largest absolute Gasteiger partial charge is 0.339 e. The molecule has 2 aliphatic heterocycles. The Bertz CT molecular complexity index is 550. The lowest BCUT2D eigenvalue weighted by atomic mass is 10.0. The molecule has 3 unspecified atom stereocenters. The first-order valence-electron chi connectivity index (χ1n) is 8.45. The zero-order valence-electron chi connectivity index (χ0n) is 14.2. The highest BCUT2D eigenvalue weighted by molar-refractivity contribution is 7.12. The third-order valence-corrected chi connectivity index (χ3v) is 5.74. The molecule has 134 valence electrons. The average Bonchev–Trinajstić information content (AvgIpc) is 3.11. The van der Waals surface area contributed by atoms with Crippen molar-refractivity contribution in [3.05, 3.63) is 22.4 Å². The van der Waals surface area contributed by atoms with Crippen LogP contribution in [0.2, 0.25) is 0 Å². The predicted octanol–water partition coefficient (Wildman–Crippen LogP) is 2.28. The van der Waals surface area contributed by atoms with E-state index in [-0.39, 0.29) is 36.2 Å². The number of amides is 2. The van der Waals surface area contributed by atoms with Crippen molar-refractivity contribution >= 4 is 35.6 Å². The second-order valence-corrected chi connectivity index (χ2v) is 7.74. The van der Waals surface area contributed by atoms with Crippen LogP contribution in [0.15, 0.2) is 17.5 Å². The fourth-order valence-corrected chi connectivity index (χ4v) is 4.26. The van der Waals surface area contributed by atoms with Crippen LogP contribution in [0, 0.1) is 5.92 Å². The Morgan fingerprint density at radius 1 is 1.29 bits per heavy atom. The molecule has 3 atom stereocenters. The van der Waals surface area contributed by atoms with Gasteiger partial charge < -0.3 is 15.5 Å². The van der Waals surface area contributed by atoms with Crippen molar-refractivity contribution in [1.82, 2.24) is 15.5 Å². The fraction of sp³-hybridized carbons (Fsp3) is 0.647.